The molecule has 0 aromatic heterocycles. The maximum atomic E-state index is 6.00. The summed E-state index contributed by atoms with van der Waals surface area (Å²) in [6.45, 7) is 10.1. The highest BCUT2D eigenvalue weighted by Gasteiger charge is 1.91. The lowest BCUT2D eigenvalue weighted by atomic mass is 10.2. The molecule has 1 aromatic rings. The smallest absolute Gasteiger partial charge is 0.119 e. The van der Waals surface area contributed by atoms with Crippen LogP contribution in [0.2, 0.25) is 0 Å². The summed E-state index contributed by atoms with van der Waals surface area (Å²) in [6, 6.07) is 10.0. The fourth-order valence-corrected chi connectivity index (χ4v) is 2.71. The van der Waals surface area contributed by atoms with Crippen molar-refractivity contribution in [3.8, 4) is 5.75 Å². The minimum absolute atomic E-state index is 0.851. The zero-order valence-electron chi connectivity index (χ0n) is 18.8. The Kier molecular flexibility index (Phi) is 28.2. The number of nitrogens with one attached hydrogen (secondary N) is 1. The summed E-state index contributed by atoms with van der Waals surface area (Å²) in [5.74, 6) is 0.985. The number of rotatable bonds is 16. The van der Waals surface area contributed by atoms with Gasteiger partial charge in [-0.3, -0.25) is 0 Å². The van der Waals surface area contributed by atoms with E-state index in [-0.39, 0.29) is 0 Å². The Bertz CT molecular complexity index is 385. The minimum atomic E-state index is 0.851. The lowest BCUT2D eigenvalue weighted by Gasteiger charge is -2.04. The largest absolute Gasteiger partial charge is 0.494 e. The lowest BCUT2D eigenvalue weighted by molar-refractivity contribution is 0.305. The van der Waals surface area contributed by atoms with Crippen LogP contribution in [0.1, 0.15) is 97.8 Å². The van der Waals surface area contributed by atoms with E-state index < -0.39 is 0 Å². The Morgan fingerprint density at radius 3 is 1.57 bits per heavy atom. The molecule has 0 aliphatic rings. The van der Waals surface area contributed by atoms with Crippen LogP contribution in [0.5, 0.6) is 5.75 Å². The quantitative estimate of drug-likeness (QED) is 0.235. The molecule has 0 aliphatic heterocycles. The van der Waals surface area contributed by atoms with Crippen LogP contribution in [0.3, 0.4) is 0 Å². The number of benzene rings is 1. The molecule has 0 aliphatic carbocycles. The molecule has 0 amide bonds. The van der Waals surface area contributed by atoms with Gasteiger partial charge in [0.15, 0.2) is 0 Å². The van der Waals surface area contributed by atoms with Gasteiger partial charge in [-0.1, -0.05) is 96.8 Å². The molecule has 28 heavy (non-hydrogen) atoms. The van der Waals surface area contributed by atoms with E-state index in [0.29, 0.717) is 0 Å². The Hall–Kier alpha value is -1.60. The fraction of sp³-hybridized carbons (Fsp3) is 0.750. The number of unbranched alkanes of at least 4 members (excludes halogenated alkanes) is 9. The van der Waals surface area contributed by atoms with Gasteiger partial charge in [0, 0.05) is 10.8 Å². The molecular weight excluding hydrogens is 346 g/mol. The van der Waals surface area contributed by atoms with Gasteiger partial charge in [0.1, 0.15) is 5.75 Å². The molecule has 1 rings (SSSR count). The van der Waals surface area contributed by atoms with Crippen molar-refractivity contribution in [1.82, 2.24) is 5.32 Å². The fourth-order valence-electron chi connectivity index (χ4n) is 2.71. The molecule has 162 valence electrons. The van der Waals surface area contributed by atoms with E-state index in [9.17, 15) is 0 Å². The zero-order valence-corrected chi connectivity index (χ0v) is 18.8. The predicted octanol–water partition coefficient (Wildman–Crippen LogP) is 7.41. The summed E-state index contributed by atoms with van der Waals surface area (Å²) in [5, 5.41) is 15.5. The first-order valence-corrected chi connectivity index (χ1v) is 11.4. The molecule has 0 bridgehead atoms. The molecule has 4 nitrogen and oxygen atoms in total. The molecule has 0 fully saturated rings. The summed E-state index contributed by atoms with van der Waals surface area (Å²) in [7, 11) is 0. The second-order valence-electron chi connectivity index (χ2n) is 7.09. The summed E-state index contributed by atoms with van der Waals surface area (Å²) >= 11 is 0. The molecule has 1 N–H and O–H groups in total. The van der Waals surface area contributed by atoms with Gasteiger partial charge in [0.2, 0.25) is 0 Å². The van der Waals surface area contributed by atoms with E-state index in [4.69, 9.17) is 15.5 Å². The first-order chi connectivity index (χ1) is 13.8. The number of ether oxygens (including phenoxy) is 1. The van der Waals surface area contributed by atoms with Crippen molar-refractivity contribution in [3.63, 3.8) is 0 Å². The van der Waals surface area contributed by atoms with Crippen LogP contribution in [-0.4, -0.2) is 19.7 Å². The van der Waals surface area contributed by atoms with Crippen LogP contribution in [0, 0.1) is 10.8 Å². The van der Waals surface area contributed by atoms with Crippen molar-refractivity contribution in [3.05, 3.63) is 30.3 Å². The average Bonchev–Trinajstić information content (AvgIpc) is 2.75. The third-order valence-electron chi connectivity index (χ3n) is 4.42. The van der Waals surface area contributed by atoms with Crippen molar-refractivity contribution in [2.24, 2.45) is 0 Å². The van der Waals surface area contributed by atoms with Crippen LogP contribution >= 0.6 is 0 Å². The lowest BCUT2D eigenvalue weighted by Crippen LogP contribution is -2.16. The molecule has 0 saturated carbocycles. The van der Waals surface area contributed by atoms with E-state index in [1.165, 1.54) is 90.1 Å². The van der Waals surface area contributed by atoms with Gasteiger partial charge in [-0.15, -0.1) is 0 Å². The van der Waals surface area contributed by atoms with E-state index >= 15 is 0 Å². The molecule has 0 saturated heterocycles. The van der Waals surface area contributed by atoms with Gasteiger partial charge in [-0.25, -0.2) is 0 Å². The van der Waals surface area contributed by atoms with Gasteiger partial charge >= 0.3 is 0 Å². The minimum Gasteiger partial charge on any atom is -0.494 e. The summed E-state index contributed by atoms with van der Waals surface area (Å²) in [4.78, 5) is 0. The van der Waals surface area contributed by atoms with Crippen molar-refractivity contribution >= 4 is 0 Å². The second-order valence-corrected chi connectivity index (χ2v) is 7.09. The molecule has 1 aromatic carbocycles. The highest BCUT2D eigenvalue weighted by atomic mass is 16.5. The van der Waals surface area contributed by atoms with Crippen molar-refractivity contribution in [2.75, 3.05) is 19.7 Å². The Morgan fingerprint density at radius 1 is 0.643 bits per heavy atom. The highest BCUT2D eigenvalue weighted by molar-refractivity contribution is 5.20. The Balaban J connectivity index is 0. The monoisotopic (exact) mass is 391 g/mol. The number of para-hydroxylation sites is 1. The van der Waals surface area contributed by atoms with Crippen molar-refractivity contribution < 1.29 is 4.74 Å². The van der Waals surface area contributed by atoms with Crippen molar-refractivity contribution in [1.29, 1.82) is 10.8 Å². The molecule has 0 unspecified atom stereocenters. The van der Waals surface area contributed by atoms with E-state index in [1.54, 1.807) is 0 Å². The molecular formula is C24H45N3O. The van der Waals surface area contributed by atoms with Crippen LogP contribution < -0.4 is 10.1 Å². The third-order valence-corrected chi connectivity index (χ3v) is 4.42. The predicted molar refractivity (Wildman–Crippen MR) is 121 cm³/mol. The van der Waals surface area contributed by atoms with Crippen LogP contribution in [-0.2, 0) is 0 Å². The SMILES string of the molecule is CCCCCCNCCCCCC.CCCCCCOc1ccccc1.N#N. The second kappa shape index (κ2) is 27.6. The first-order valence-electron chi connectivity index (χ1n) is 11.4. The maximum Gasteiger partial charge on any atom is 0.119 e. The van der Waals surface area contributed by atoms with Gasteiger partial charge in [0.25, 0.3) is 0 Å². The Morgan fingerprint density at radius 2 is 1.11 bits per heavy atom. The summed E-state index contributed by atoms with van der Waals surface area (Å²) < 4.78 is 5.55. The molecule has 0 spiro atoms. The van der Waals surface area contributed by atoms with Crippen molar-refractivity contribution in [2.45, 2.75) is 97.8 Å². The summed E-state index contributed by atoms with van der Waals surface area (Å²) in [5.41, 5.74) is 0. The molecule has 0 atom stereocenters. The highest BCUT2D eigenvalue weighted by Crippen LogP contribution is 2.09. The van der Waals surface area contributed by atoms with Gasteiger partial charge in [-0.05, 0) is 44.5 Å². The van der Waals surface area contributed by atoms with Gasteiger partial charge < -0.3 is 10.1 Å². The maximum absolute atomic E-state index is 6.00. The normalized spacial score (nSPS) is 9.61. The molecule has 4 heteroatoms. The zero-order chi connectivity index (χ0) is 21.1. The standard InChI is InChI=1S/C12H27N.C12H18O.N2/c1-3-5-7-9-11-13-12-10-8-6-4-2;1-2-3-4-8-11-13-12-9-6-5-7-10-12;1-2/h13H,3-12H2,1-2H3;5-7,9-10H,2-4,8,11H2,1H3;. The topological polar surface area (TPSA) is 68.8 Å². The van der Waals surface area contributed by atoms with Crippen LogP contribution in [0.4, 0.5) is 0 Å². The van der Waals surface area contributed by atoms with Crippen LogP contribution in [0.15, 0.2) is 30.3 Å². The number of hydrogen-bond donors (Lipinski definition) is 1. The number of nitrogens with zero attached hydrogens (tertiary/aromatic N) is 2. The van der Waals surface area contributed by atoms with E-state index in [0.717, 1.165) is 12.4 Å². The summed E-state index contributed by atoms with van der Waals surface area (Å²) in [6.07, 6.45) is 16.1. The van der Waals surface area contributed by atoms with Crippen LogP contribution in [0.25, 0.3) is 0 Å². The van der Waals surface area contributed by atoms with Gasteiger partial charge in [0.05, 0.1) is 6.61 Å². The van der Waals surface area contributed by atoms with E-state index in [2.05, 4.69) is 26.1 Å². The third kappa shape index (κ3) is 24.4. The van der Waals surface area contributed by atoms with E-state index in [1.807, 2.05) is 30.3 Å². The molecule has 0 heterocycles. The van der Waals surface area contributed by atoms with Gasteiger partial charge in [-0.2, -0.15) is 0 Å². The average molecular weight is 392 g/mol. The Labute approximate surface area is 174 Å². The number of hydrogen-bond acceptors (Lipinski definition) is 4. The first kappa shape index (κ1) is 28.6. The molecule has 0 radical (unpaired) electrons.